The third kappa shape index (κ3) is 7.21. The van der Waals surface area contributed by atoms with E-state index in [0.717, 1.165) is 31.4 Å². The van der Waals surface area contributed by atoms with Crippen molar-refractivity contribution in [1.82, 2.24) is 0 Å². The smallest absolute Gasteiger partial charge is 0.162 e. The molecule has 4 rings (SSSR count). The maximum Gasteiger partial charge on any atom is 0.162 e. The topological polar surface area (TPSA) is 9.23 Å². The molecule has 0 amide bonds. The number of allylic oxidation sites excluding steroid dienone is 1. The monoisotopic (exact) mass is 507 g/mol. The van der Waals surface area contributed by atoms with Gasteiger partial charge in [-0.15, -0.1) is 6.58 Å². The molecule has 0 bridgehead atoms. The summed E-state index contributed by atoms with van der Waals surface area (Å²) in [6, 6.07) is 41.9. The number of hydrogen-bond donors (Lipinski definition) is 0. The SMILES string of the molecule is C=CCCCCCCCCOc1ccccc1[P+](Cc1ccccc1)(c1ccccc1)c1ccccc1. The Kier molecular flexibility index (Phi) is 10.6. The first-order valence-electron chi connectivity index (χ1n) is 13.7. The number of benzene rings is 4. The lowest BCUT2D eigenvalue weighted by Crippen LogP contribution is -2.33. The highest BCUT2D eigenvalue weighted by molar-refractivity contribution is 7.95. The van der Waals surface area contributed by atoms with E-state index < -0.39 is 7.26 Å². The molecule has 0 radical (unpaired) electrons. The predicted octanol–water partition coefficient (Wildman–Crippen LogP) is 8.48. The van der Waals surface area contributed by atoms with Crippen molar-refractivity contribution in [3.63, 3.8) is 0 Å². The first-order chi connectivity index (χ1) is 18.3. The summed E-state index contributed by atoms with van der Waals surface area (Å²) in [6.45, 7) is 4.58. The van der Waals surface area contributed by atoms with E-state index >= 15 is 0 Å². The number of para-hydroxylation sites is 1. The summed E-state index contributed by atoms with van der Waals surface area (Å²) >= 11 is 0. The molecule has 0 saturated heterocycles. The van der Waals surface area contributed by atoms with Crippen LogP contribution in [-0.4, -0.2) is 6.61 Å². The Balaban J connectivity index is 1.64. The second-order valence-corrected chi connectivity index (χ2v) is 13.1. The van der Waals surface area contributed by atoms with Crippen molar-refractivity contribution in [1.29, 1.82) is 0 Å². The number of ether oxygens (including phenoxy) is 1. The molecule has 2 heteroatoms. The maximum absolute atomic E-state index is 6.58. The highest BCUT2D eigenvalue weighted by Gasteiger charge is 2.47. The van der Waals surface area contributed by atoms with Crippen LogP contribution in [0, 0.1) is 0 Å². The van der Waals surface area contributed by atoms with Crippen molar-refractivity contribution >= 4 is 23.2 Å². The molecule has 190 valence electrons. The first kappa shape index (κ1) is 26.9. The second kappa shape index (κ2) is 14.6. The fourth-order valence-electron chi connectivity index (χ4n) is 5.09. The molecule has 1 nitrogen and oxygen atoms in total. The Hall–Kier alpha value is -3.15. The van der Waals surface area contributed by atoms with E-state index in [2.05, 4.69) is 122 Å². The molecule has 0 atom stereocenters. The molecule has 0 unspecified atom stereocenters. The van der Waals surface area contributed by atoms with Crippen molar-refractivity contribution in [3.05, 3.63) is 133 Å². The Bertz CT molecular complexity index is 1150. The van der Waals surface area contributed by atoms with E-state index in [1.807, 2.05) is 6.08 Å². The van der Waals surface area contributed by atoms with Gasteiger partial charge in [0.2, 0.25) is 0 Å². The van der Waals surface area contributed by atoms with Gasteiger partial charge in [-0.05, 0) is 61.2 Å². The van der Waals surface area contributed by atoms with Gasteiger partial charge in [-0.1, -0.05) is 111 Å². The quantitative estimate of drug-likeness (QED) is 0.0891. The molecule has 0 fully saturated rings. The minimum atomic E-state index is -2.02. The summed E-state index contributed by atoms with van der Waals surface area (Å²) in [5.41, 5.74) is 1.36. The highest BCUT2D eigenvalue weighted by atomic mass is 31.2. The van der Waals surface area contributed by atoms with Crippen molar-refractivity contribution < 1.29 is 4.74 Å². The minimum Gasteiger partial charge on any atom is -0.489 e. The average molecular weight is 508 g/mol. The first-order valence-corrected chi connectivity index (χ1v) is 15.7. The van der Waals surface area contributed by atoms with Gasteiger partial charge in [-0.3, -0.25) is 0 Å². The summed E-state index contributed by atoms with van der Waals surface area (Å²) in [5, 5.41) is 4.11. The minimum absolute atomic E-state index is 0.762. The Morgan fingerprint density at radius 3 is 1.70 bits per heavy atom. The zero-order valence-electron chi connectivity index (χ0n) is 22.0. The van der Waals surface area contributed by atoms with Gasteiger partial charge < -0.3 is 4.74 Å². The van der Waals surface area contributed by atoms with Crippen LogP contribution in [0.3, 0.4) is 0 Å². The average Bonchev–Trinajstić information content (AvgIpc) is 2.97. The van der Waals surface area contributed by atoms with Crippen LogP contribution >= 0.6 is 7.26 Å². The van der Waals surface area contributed by atoms with Gasteiger partial charge in [0.15, 0.2) is 5.75 Å². The van der Waals surface area contributed by atoms with E-state index in [0.29, 0.717) is 0 Å². The molecule has 0 aliphatic heterocycles. The van der Waals surface area contributed by atoms with Crippen LogP contribution in [0.4, 0.5) is 0 Å². The number of hydrogen-bond acceptors (Lipinski definition) is 1. The fourth-order valence-corrected chi connectivity index (χ4v) is 9.46. The van der Waals surface area contributed by atoms with E-state index in [9.17, 15) is 0 Å². The normalized spacial score (nSPS) is 11.2. The molecule has 0 N–H and O–H groups in total. The van der Waals surface area contributed by atoms with Crippen LogP contribution in [0.1, 0.15) is 50.5 Å². The van der Waals surface area contributed by atoms with Gasteiger partial charge in [0, 0.05) is 0 Å². The fraction of sp³-hybridized carbons (Fsp3) is 0.257. The van der Waals surface area contributed by atoms with Crippen molar-refractivity contribution in [2.24, 2.45) is 0 Å². The molecular formula is C35H40OP+. The summed E-state index contributed by atoms with van der Waals surface area (Å²) in [4.78, 5) is 0. The Labute approximate surface area is 224 Å². The molecular weight excluding hydrogens is 467 g/mol. The van der Waals surface area contributed by atoms with Crippen LogP contribution in [0.15, 0.2) is 128 Å². The third-order valence-corrected chi connectivity index (χ3v) is 11.4. The number of rotatable bonds is 15. The summed E-state index contributed by atoms with van der Waals surface area (Å²) < 4.78 is 6.58. The van der Waals surface area contributed by atoms with E-state index in [-0.39, 0.29) is 0 Å². The van der Waals surface area contributed by atoms with Gasteiger partial charge in [-0.2, -0.15) is 0 Å². The van der Waals surface area contributed by atoms with Crippen LogP contribution in [0.25, 0.3) is 0 Å². The molecule has 4 aromatic rings. The van der Waals surface area contributed by atoms with Crippen molar-refractivity contribution in [2.45, 2.75) is 51.1 Å². The Morgan fingerprint density at radius 2 is 1.08 bits per heavy atom. The molecule has 0 spiro atoms. The van der Waals surface area contributed by atoms with Gasteiger partial charge >= 0.3 is 0 Å². The number of unbranched alkanes of at least 4 members (excludes halogenated alkanes) is 6. The van der Waals surface area contributed by atoms with E-state index in [1.54, 1.807) is 0 Å². The lowest BCUT2D eigenvalue weighted by atomic mass is 10.1. The summed E-state index contributed by atoms with van der Waals surface area (Å²) in [6.07, 6.45) is 11.6. The summed E-state index contributed by atoms with van der Waals surface area (Å²) in [7, 11) is -2.02. The van der Waals surface area contributed by atoms with Gasteiger partial charge in [-0.25, -0.2) is 0 Å². The van der Waals surface area contributed by atoms with Gasteiger partial charge in [0.1, 0.15) is 23.2 Å². The largest absolute Gasteiger partial charge is 0.489 e. The second-order valence-electron chi connectivity index (χ2n) is 9.64. The lowest BCUT2D eigenvalue weighted by molar-refractivity contribution is 0.306. The zero-order valence-corrected chi connectivity index (χ0v) is 22.9. The highest BCUT2D eigenvalue weighted by Crippen LogP contribution is 2.59. The van der Waals surface area contributed by atoms with Crippen LogP contribution in [0.2, 0.25) is 0 Å². The molecule has 0 aliphatic rings. The molecule has 0 heterocycles. The van der Waals surface area contributed by atoms with Crippen LogP contribution in [0.5, 0.6) is 5.75 Å². The molecule has 0 aliphatic carbocycles. The standard InChI is InChI=1S/C35H40OP/c1-2-3-4-5-6-7-8-20-29-36-34-27-18-19-28-35(34)37(32-23-14-10-15-24-32,33-25-16-11-17-26-33)30-31-21-12-9-13-22-31/h2,9-19,21-28H,1,3-8,20,29-30H2/q+1. The predicted molar refractivity (Wildman–Crippen MR) is 163 cm³/mol. The van der Waals surface area contributed by atoms with Gasteiger partial charge in [0.05, 0.1) is 12.8 Å². The van der Waals surface area contributed by atoms with E-state index in [1.165, 1.54) is 53.6 Å². The lowest BCUT2D eigenvalue weighted by Gasteiger charge is -2.29. The maximum atomic E-state index is 6.58. The van der Waals surface area contributed by atoms with Crippen molar-refractivity contribution in [2.75, 3.05) is 6.61 Å². The van der Waals surface area contributed by atoms with Crippen molar-refractivity contribution in [3.8, 4) is 5.75 Å². The molecule has 4 aromatic carbocycles. The molecule has 0 saturated carbocycles. The zero-order chi connectivity index (χ0) is 25.6. The van der Waals surface area contributed by atoms with Crippen LogP contribution < -0.4 is 20.7 Å². The Morgan fingerprint density at radius 1 is 0.568 bits per heavy atom. The molecule has 37 heavy (non-hydrogen) atoms. The van der Waals surface area contributed by atoms with Crippen LogP contribution in [-0.2, 0) is 6.16 Å². The van der Waals surface area contributed by atoms with E-state index in [4.69, 9.17) is 4.74 Å². The summed E-state index contributed by atoms with van der Waals surface area (Å²) in [5.74, 6) is 1.03. The third-order valence-electron chi connectivity index (χ3n) is 6.99. The molecule has 0 aromatic heterocycles. The van der Waals surface area contributed by atoms with Gasteiger partial charge in [0.25, 0.3) is 0 Å².